The Labute approximate surface area is 161 Å². The number of ether oxygens (including phenoxy) is 2. The van der Waals surface area contributed by atoms with Crippen molar-refractivity contribution in [2.75, 3.05) is 11.9 Å². The molecule has 0 saturated carbocycles. The van der Waals surface area contributed by atoms with Crippen LogP contribution in [-0.4, -0.2) is 18.5 Å². The zero-order chi connectivity index (χ0) is 19.1. The smallest absolute Gasteiger partial charge is 0.349 e. The molecule has 136 valence electrons. The van der Waals surface area contributed by atoms with Crippen LogP contribution < -0.4 is 14.8 Å². The van der Waals surface area contributed by atoms with Crippen molar-refractivity contribution in [2.24, 2.45) is 0 Å². The monoisotopic (exact) mass is 381 g/mol. The van der Waals surface area contributed by atoms with Crippen molar-refractivity contribution in [1.82, 2.24) is 0 Å². The van der Waals surface area contributed by atoms with Gasteiger partial charge in [-0.15, -0.1) is 0 Å². The Morgan fingerprint density at radius 1 is 0.815 bits per heavy atom. The molecule has 1 N–H and O–H groups in total. The quantitative estimate of drug-likeness (QED) is 0.501. The maximum absolute atomic E-state index is 12.2. The van der Waals surface area contributed by atoms with Crippen LogP contribution in [0.3, 0.4) is 0 Å². The third-order valence-corrected chi connectivity index (χ3v) is 3.80. The molecule has 27 heavy (non-hydrogen) atoms. The second-order valence-corrected chi connectivity index (χ2v) is 6.00. The average molecular weight is 382 g/mol. The lowest BCUT2D eigenvalue weighted by Gasteiger charge is -2.08. The molecule has 0 atom stereocenters. The fourth-order valence-electron chi connectivity index (χ4n) is 2.23. The molecule has 0 aromatic heterocycles. The van der Waals surface area contributed by atoms with Gasteiger partial charge >= 0.3 is 5.97 Å². The van der Waals surface area contributed by atoms with Crippen LogP contribution in [0.2, 0.25) is 5.02 Å². The van der Waals surface area contributed by atoms with Gasteiger partial charge in [0.05, 0.1) is 0 Å². The van der Waals surface area contributed by atoms with Gasteiger partial charge in [0.1, 0.15) is 11.5 Å². The van der Waals surface area contributed by atoms with Crippen LogP contribution in [0.15, 0.2) is 78.9 Å². The molecule has 3 aromatic carbocycles. The Morgan fingerprint density at radius 2 is 1.48 bits per heavy atom. The molecular formula is C21H16ClNO4. The van der Waals surface area contributed by atoms with Crippen LogP contribution in [0.4, 0.5) is 5.69 Å². The maximum atomic E-state index is 12.2. The Kier molecular flexibility index (Phi) is 6.07. The zero-order valence-corrected chi connectivity index (χ0v) is 15.0. The van der Waals surface area contributed by atoms with Gasteiger partial charge in [-0.3, -0.25) is 4.79 Å². The highest BCUT2D eigenvalue weighted by atomic mass is 35.5. The van der Waals surface area contributed by atoms with Gasteiger partial charge in [-0.1, -0.05) is 29.8 Å². The SMILES string of the molecule is O=C(COc1ccccc1)Oc1ccc(NC(=O)c2ccc(Cl)cc2)cc1. The molecule has 5 nitrogen and oxygen atoms in total. The first-order valence-corrected chi connectivity index (χ1v) is 8.53. The molecule has 1 amide bonds. The first-order valence-electron chi connectivity index (χ1n) is 8.16. The number of anilines is 1. The van der Waals surface area contributed by atoms with Gasteiger partial charge in [0, 0.05) is 16.3 Å². The Hall–Kier alpha value is -3.31. The normalized spacial score (nSPS) is 10.1. The van der Waals surface area contributed by atoms with Crippen LogP contribution in [-0.2, 0) is 4.79 Å². The number of benzene rings is 3. The van der Waals surface area contributed by atoms with E-state index in [1.165, 1.54) is 0 Å². The minimum absolute atomic E-state index is 0.195. The average Bonchev–Trinajstić information content (AvgIpc) is 2.69. The summed E-state index contributed by atoms with van der Waals surface area (Å²) in [6.45, 7) is -0.195. The molecule has 3 aromatic rings. The molecule has 3 rings (SSSR count). The van der Waals surface area contributed by atoms with Gasteiger partial charge in [-0.25, -0.2) is 4.79 Å². The second-order valence-electron chi connectivity index (χ2n) is 5.56. The first kappa shape index (κ1) is 18.5. The van der Waals surface area contributed by atoms with Crippen LogP contribution >= 0.6 is 11.6 Å². The molecule has 0 fully saturated rings. The Balaban J connectivity index is 1.51. The highest BCUT2D eigenvalue weighted by Gasteiger charge is 2.08. The third-order valence-electron chi connectivity index (χ3n) is 3.55. The lowest BCUT2D eigenvalue weighted by atomic mass is 10.2. The molecule has 0 aliphatic rings. The van der Waals surface area contributed by atoms with Crippen molar-refractivity contribution < 1.29 is 19.1 Å². The summed E-state index contributed by atoms with van der Waals surface area (Å²) >= 11 is 5.81. The maximum Gasteiger partial charge on any atom is 0.349 e. The van der Waals surface area contributed by atoms with E-state index >= 15 is 0 Å². The Morgan fingerprint density at radius 3 is 2.15 bits per heavy atom. The minimum Gasteiger partial charge on any atom is -0.482 e. The Bertz CT molecular complexity index is 909. The molecule has 0 bridgehead atoms. The van der Waals surface area contributed by atoms with Crippen molar-refractivity contribution in [1.29, 1.82) is 0 Å². The van der Waals surface area contributed by atoms with Gasteiger partial charge in [0.2, 0.25) is 0 Å². The highest BCUT2D eigenvalue weighted by molar-refractivity contribution is 6.30. The minimum atomic E-state index is -0.517. The predicted octanol–water partition coefficient (Wildman–Crippen LogP) is 4.58. The largest absolute Gasteiger partial charge is 0.482 e. The van der Waals surface area contributed by atoms with E-state index < -0.39 is 5.97 Å². The number of carbonyl (C=O) groups excluding carboxylic acids is 2. The number of hydrogen-bond donors (Lipinski definition) is 1. The molecule has 0 unspecified atom stereocenters. The van der Waals surface area contributed by atoms with Gasteiger partial charge in [-0.05, 0) is 60.7 Å². The van der Waals surface area contributed by atoms with E-state index in [0.717, 1.165) is 0 Å². The number of esters is 1. The third kappa shape index (κ3) is 5.59. The van der Waals surface area contributed by atoms with Crippen molar-refractivity contribution in [2.45, 2.75) is 0 Å². The fourth-order valence-corrected chi connectivity index (χ4v) is 2.36. The molecule has 0 aliphatic carbocycles. The van der Waals surface area contributed by atoms with Gasteiger partial charge < -0.3 is 14.8 Å². The standard InChI is InChI=1S/C21H16ClNO4/c22-16-8-6-15(7-9-16)21(25)23-17-10-12-19(13-11-17)27-20(24)14-26-18-4-2-1-3-5-18/h1-13H,14H2,(H,23,25). The number of halogens is 1. The summed E-state index contributed by atoms with van der Waals surface area (Å²) in [4.78, 5) is 24.0. The number of nitrogens with one attached hydrogen (secondary N) is 1. The van der Waals surface area contributed by atoms with Crippen LogP contribution in [0, 0.1) is 0 Å². The zero-order valence-electron chi connectivity index (χ0n) is 14.2. The summed E-state index contributed by atoms with van der Waals surface area (Å²) in [5.74, 6) is 0.181. The number of carbonyl (C=O) groups is 2. The number of para-hydroxylation sites is 1. The van der Waals surface area contributed by atoms with Gasteiger partial charge in [-0.2, -0.15) is 0 Å². The van der Waals surface area contributed by atoms with E-state index in [2.05, 4.69) is 5.32 Å². The van der Waals surface area contributed by atoms with Gasteiger partial charge in [0.25, 0.3) is 5.91 Å². The molecular weight excluding hydrogens is 366 g/mol. The number of rotatable bonds is 6. The fraction of sp³-hybridized carbons (Fsp3) is 0.0476. The molecule has 0 aliphatic heterocycles. The van der Waals surface area contributed by atoms with E-state index in [1.54, 1.807) is 60.7 Å². The lowest BCUT2D eigenvalue weighted by molar-refractivity contribution is -0.136. The summed E-state index contributed by atoms with van der Waals surface area (Å²) in [6.07, 6.45) is 0. The first-order chi connectivity index (χ1) is 13.1. The van der Waals surface area contributed by atoms with Crippen LogP contribution in [0.25, 0.3) is 0 Å². The number of hydrogen-bond acceptors (Lipinski definition) is 4. The van der Waals surface area contributed by atoms with Crippen molar-refractivity contribution in [3.63, 3.8) is 0 Å². The molecule has 0 heterocycles. The summed E-state index contributed by atoms with van der Waals surface area (Å²) in [5, 5.41) is 3.32. The summed E-state index contributed by atoms with van der Waals surface area (Å²) in [6, 6.07) is 22.1. The van der Waals surface area contributed by atoms with Crippen molar-refractivity contribution >= 4 is 29.2 Å². The highest BCUT2D eigenvalue weighted by Crippen LogP contribution is 2.18. The summed E-state index contributed by atoms with van der Waals surface area (Å²) in [5.41, 5.74) is 1.07. The summed E-state index contributed by atoms with van der Waals surface area (Å²) in [7, 11) is 0. The van der Waals surface area contributed by atoms with Crippen molar-refractivity contribution in [3.8, 4) is 11.5 Å². The van der Waals surface area contributed by atoms with E-state index in [0.29, 0.717) is 27.8 Å². The van der Waals surface area contributed by atoms with E-state index in [4.69, 9.17) is 21.1 Å². The van der Waals surface area contributed by atoms with E-state index in [-0.39, 0.29) is 12.5 Å². The topological polar surface area (TPSA) is 64.6 Å². The molecule has 0 radical (unpaired) electrons. The van der Waals surface area contributed by atoms with Gasteiger partial charge in [0.15, 0.2) is 6.61 Å². The molecule has 6 heteroatoms. The second kappa shape index (κ2) is 8.87. The predicted molar refractivity (Wildman–Crippen MR) is 103 cm³/mol. The molecule has 0 saturated heterocycles. The number of amides is 1. The summed E-state index contributed by atoms with van der Waals surface area (Å²) < 4.78 is 10.5. The van der Waals surface area contributed by atoms with Crippen LogP contribution in [0.5, 0.6) is 11.5 Å². The van der Waals surface area contributed by atoms with E-state index in [1.807, 2.05) is 18.2 Å². The van der Waals surface area contributed by atoms with Crippen LogP contribution in [0.1, 0.15) is 10.4 Å². The van der Waals surface area contributed by atoms with E-state index in [9.17, 15) is 9.59 Å². The lowest BCUT2D eigenvalue weighted by Crippen LogP contribution is -2.17. The molecule has 0 spiro atoms. The van der Waals surface area contributed by atoms with Crippen molar-refractivity contribution in [3.05, 3.63) is 89.4 Å².